The summed E-state index contributed by atoms with van der Waals surface area (Å²) in [5, 5.41) is 20.4. The zero-order valence-corrected chi connectivity index (χ0v) is 21.8. The van der Waals surface area contributed by atoms with Gasteiger partial charge in [0.05, 0.1) is 35.6 Å². The average Bonchev–Trinajstić information content (AvgIpc) is 2.86. The molecule has 0 bridgehead atoms. The van der Waals surface area contributed by atoms with Gasteiger partial charge >= 0.3 is 43.1 Å². The number of nitrogens with zero attached hydrogens (tertiary/aromatic N) is 3. The van der Waals surface area contributed by atoms with Gasteiger partial charge in [-0.25, -0.2) is 9.36 Å². The first-order chi connectivity index (χ1) is 14.1. The van der Waals surface area contributed by atoms with Crippen molar-refractivity contribution in [2.24, 2.45) is 0 Å². The number of rotatable bonds is 10. The number of hydrogen-bond acceptors (Lipinski definition) is 13. The van der Waals surface area contributed by atoms with Crippen LogP contribution in [0.25, 0.3) is 0 Å². The molecular weight excluding hydrogens is 485 g/mol. The molecular formula is C14H25N4NaO11P2. The van der Waals surface area contributed by atoms with Crippen LogP contribution >= 0.6 is 15.6 Å². The van der Waals surface area contributed by atoms with Crippen molar-refractivity contribution in [3.05, 3.63) is 22.7 Å². The Balaban J connectivity index is 0.00000512. The van der Waals surface area contributed by atoms with E-state index in [1.165, 1.54) is 12.3 Å². The second-order valence-corrected chi connectivity index (χ2v) is 10.7. The van der Waals surface area contributed by atoms with Gasteiger partial charge in [0, 0.05) is 6.20 Å². The van der Waals surface area contributed by atoms with Gasteiger partial charge in [0.25, 0.3) is 0 Å². The molecule has 1 saturated heterocycles. The molecule has 0 amide bonds. The van der Waals surface area contributed by atoms with Gasteiger partial charge < -0.3 is 39.5 Å². The predicted octanol–water partition coefficient (Wildman–Crippen LogP) is -5.86. The molecule has 5 unspecified atom stereocenters. The molecule has 1 aliphatic heterocycles. The van der Waals surface area contributed by atoms with E-state index in [-0.39, 0.29) is 48.5 Å². The molecule has 0 spiro atoms. The number of aliphatic hydroxyl groups excluding tert-OH is 2. The van der Waals surface area contributed by atoms with Crippen LogP contribution in [-0.2, 0) is 27.2 Å². The molecule has 15 nitrogen and oxygen atoms in total. The van der Waals surface area contributed by atoms with Gasteiger partial charge in [0.2, 0.25) is 0 Å². The van der Waals surface area contributed by atoms with Gasteiger partial charge in [-0.1, -0.05) is 0 Å². The van der Waals surface area contributed by atoms with E-state index in [1.807, 2.05) is 0 Å². The molecule has 0 aliphatic carbocycles. The third kappa shape index (κ3) is 8.85. The number of phosphoric ester groups is 1. The van der Waals surface area contributed by atoms with E-state index in [4.69, 9.17) is 19.5 Å². The topological polar surface area (TPSA) is 219 Å². The normalized spacial score (nSPS) is 25.8. The SMILES string of the molecule is C[N+](C)(C)CCOP(=O)(OCC1OC(n2ccc(N)nc2=O)C(O)C1O)OP(=O)([O-])[O-].[Na+]. The van der Waals surface area contributed by atoms with E-state index < -0.39 is 52.5 Å². The summed E-state index contributed by atoms with van der Waals surface area (Å²) in [6.45, 7) is -0.824. The summed E-state index contributed by atoms with van der Waals surface area (Å²) in [7, 11) is -5.33. The van der Waals surface area contributed by atoms with Gasteiger partial charge in [0.15, 0.2) is 6.23 Å². The van der Waals surface area contributed by atoms with Crippen LogP contribution in [0.4, 0.5) is 5.82 Å². The third-order valence-electron chi connectivity index (χ3n) is 4.07. The van der Waals surface area contributed by atoms with E-state index in [2.05, 4.69) is 9.29 Å². The Hall–Kier alpha value is -0.220. The molecule has 32 heavy (non-hydrogen) atoms. The summed E-state index contributed by atoms with van der Waals surface area (Å²) in [4.78, 5) is 37.3. The molecule has 1 aromatic rings. The fourth-order valence-electron chi connectivity index (χ4n) is 2.51. The van der Waals surface area contributed by atoms with E-state index in [1.54, 1.807) is 21.1 Å². The standard InChI is InChI=1S/C14H26N4O11P2.Na/c1-18(2,3)6-7-26-31(25,29-30(22,23)24)27-8-9-11(19)12(20)13(28-9)17-5-4-10(15)16-14(17)21;/h4-5,9,11-13,19-20H,6-8H2,1-3H3,(H3-,15,16,21,22,23,24);/q;+1/p-1. The van der Waals surface area contributed by atoms with E-state index in [9.17, 15) is 33.9 Å². The maximum Gasteiger partial charge on any atom is 1.00 e. The number of quaternary nitrogens is 1. The number of ether oxygens (including phenoxy) is 1. The van der Waals surface area contributed by atoms with Gasteiger partial charge in [0.1, 0.15) is 37.3 Å². The smallest absolute Gasteiger partial charge is 0.789 e. The van der Waals surface area contributed by atoms with Crippen molar-refractivity contribution in [2.45, 2.75) is 24.5 Å². The summed E-state index contributed by atoms with van der Waals surface area (Å²) in [5.41, 5.74) is 4.53. The van der Waals surface area contributed by atoms with Crippen LogP contribution in [0.15, 0.2) is 17.1 Å². The minimum absolute atomic E-state index is 0. The van der Waals surface area contributed by atoms with Crippen molar-refractivity contribution >= 4 is 21.5 Å². The maximum absolute atomic E-state index is 12.6. The Labute approximate surface area is 205 Å². The second-order valence-electron chi connectivity index (χ2n) is 7.71. The Bertz CT molecular complexity index is 921. The van der Waals surface area contributed by atoms with Crippen LogP contribution in [0, 0.1) is 0 Å². The first kappa shape index (κ1) is 29.8. The molecule has 0 saturated carbocycles. The summed E-state index contributed by atoms with van der Waals surface area (Å²) in [6.07, 6.45) is -4.86. The molecule has 2 rings (SSSR count). The number of aliphatic hydroxyl groups is 2. The molecule has 0 radical (unpaired) electrons. The molecule has 0 aromatic carbocycles. The van der Waals surface area contributed by atoms with Crippen LogP contribution in [0.5, 0.6) is 0 Å². The summed E-state index contributed by atoms with van der Waals surface area (Å²) < 4.78 is 43.9. The van der Waals surface area contributed by atoms with Crippen molar-refractivity contribution in [3.63, 3.8) is 0 Å². The maximum atomic E-state index is 12.6. The van der Waals surface area contributed by atoms with Crippen molar-refractivity contribution in [1.29, 1.82) is 0 Å². The predicted molar refractivity (Wildman–Crippen MR) is 99.9 cm³/mol. The fraction of sp³-hybridized carbons (Fsp3) is 0.714. The number of likely N-dealkylation sites (N-methyl/N-ethyl adjacent to an activating group) is 1. The van der Waals surface area contributed by atoms with Crippen LogP contribution in [0.1, 0.15) is 6.23 Å². The van der Waals surface area contributed by atoms with Crippen molar-refractivity contribution < 1.29 is 81.3 Å². The number of aromatic nitrogens is 2. The monoisotopic (exact) mass is 510 g/mol. The van der Waals surface area contributed by atoms with Crippen LogP contribution < -0.4 is 50.8 Å². The van der Waals surface area contributed by atoms with Crippen molar-refractivity contribution in [3.8, 4) is 0 Å². The molecule has 1 aliphatic rings. The number of hydrogen-bond donors (Lipinski definition) is 3. The van der Waals surface area contributed by atoms with Crippen molar-refractivity contribution in [1.82, 2.24) is 9.55 Å². The largest absolute Gasteiger partial charge is 1.00 e. The number of nitrogens with two attached hydrogens (primary N) is 1. The first-order valence-electron chi connectivity index (χ1n) is 8.89. The van der Waals surface area contributed by atoms with Gasteiger partial charge in [-0.2, -0.15) is 4.98 Å². The average molecular weight is 510 g/mol. The summed E-state index contributed by atoms with van der Waals surface area (Å²) >= 11 is 0. The molecule has 18 heteroatoms. The Kier molecular flexibility index (Phi) is 10.7. The number of nitrogen functional groups attached to an aromatic ring is 1. The molecule has 2 heterocycles. The van der Waals surface area contributed by atoms with Crippen LogP contribution in [0.2, 0.25) is 0 Å². The quantitative estimate of drug-likeness (QED) is 0.152. The molecule has 178 valence electrons. The second kappa shape index (κ2) is 11.5. The molecule has 4 N–H and O–H groups in total. The number of phosphoric acid groups is 2. The Morgan fingerprint density at radius 1 is 1.25 bits per heavy atom. The van der Waals surface area contributed by atoms with E-state index in [0.29, 0.717) is 4.48 Å². The Morgan fingerprint density at radius 3 is 2.41 bits per heavy atom. The summed E-state index contributed by atoms with van der Waals surface area (Å²) in [5.74, 6) is -0.0714. The van der Waals surface area contributed by atoms with Gasteiger partial charge in [-0.05, 0) is 6.07 Å². The molecule has 5 atom stereocenters. The van der Waals surface area contributed by atoms with E-state index >= 15 is 0 Å². The minimum atomic E-state index is -5.76. The zero-order chi connectivity index (χ0) is 23.6. The molecule has 1 aromatic heterocycles. The van der Waals surface area contributed by atoms with Crippen molar-refractivity contribution in [2.75, 3.05) is 46.6 Å². The van der Waals surface area contributed by atoms with Gasteiger partial charge in [-0.3, -0.25) is 17.9 Å². The summed E-state index contributed by atoms with van der Waals surface area (Å²) in [6, 6.07) is 1.26. The van der Waals surface area contributed by atoms with Gasteiger partial charge in [-0.15, -0.1) is 0 Å². The Morgan fingerprint density at radius 2 is 1.88 bits per heavy atom. The minimum Gasteiger partial charge on any atom is -0.789 e. The fourth-order valence-corrected chi connectivity index (χ4v) is 4.58. The molecule has 1 fully saturated rings. The first-order valence-corrected chi connectivity index (χ1v) is 11.8. The third-order valence-corrected chi connectivity index (χ3v) is 6.64. The van der Waals surface area contributed by atoms with Crippen LogP contribution in [0.3, 0.4) is 0 Å². The van der Waals surface area contributed by atoms with Crippen LogP contribution in [-0.4, -0.2) is 83.5 Å². The number of anilines is 1. The van der Waals surface area contributed by atoms with E-state index in [0.717, 1.165) is 4.57 Å². The zero-order valence-electron chi connectivity index (χ0n) is 18.0.